The maximum Gasteiger partial charge on any atom is 0.410 e. The molecule has 1 fully saturated rings. The van der Waals surface area contributed by atoms with Gasteiger partial charge in [-0.15, -0.1) is 0 Å². The Kier molecular flexibility index (Phi) is 2.76. The Morgan fingerprint density at radius 2 is 2.14 bits per heavy atom. The van der Waals surface area contributed by atoms with Gasteiger partial charge in [-0.2, -0.15) is 0 Å². The van der Waals surface area contributed by atoms with Gasteiger partial charge in [-0.25, -0.2) is 4.79 Å². The van der Waals surface area contributed by atoms with Crippen molar-refractivity contribution in [3.8, 4) is 0 Å². The first kappa shape index (κ1) is 11.3. The standard InChI is InChI=1S/C10H20N2O2/c1-9(2,3)6-12-7-10(4,5-11)14-8(12)13/h5-7,11H2,1-4H3. The van der Waals surface area contributed by atoms with Gasteiger partial charge in [0.1, 0.15) is 5.60 Å². The van der Waals surface area contributed by atoms with E-state index in [0.717, 1.165) is 0 Å². The van der Waals surface area contributed by atoms with Crippen LogP contribution in [0.25, 0.3) is 0 Å². The first-order valence-corrected chi connectivity index (χ1v) is 4.94. The van der Waals surface area contributed by atoms with Crippen molar-refractivity contribution >= 4 is 6.09 Å². The Morgan fingerprint density at radius 1 is 1.57 bits per heavy atom. The molecule has 1 aliphatic rings. The Labute approximate surface area is 85.4 Å². The van der Waals surface area contributed by atoms with E-state index in [9.17, 15) is 4.79 Å². The highest BCUT2D eigenvalue weighted by Crippen LogP contribution is 2.25. The van der Waals surface area contributed by atoms with E-state index in [0.29, 0.717) is 19.6 Å². The summed E-state index contributed by atoms with van der Waals surface area (Å²) in [6.45, 7) is 9.84. The third-order valence-electron chi connectivity index (χ3n) is 2.21. The number of cyclic esters (lactones) is 1. The lowest BCUT2D eigenvalue weighted by atomic mass is 9.96. The summed E-state index contributed by atoms with van der Waals surface area (Å²) in [6.07, 6.45) is -0.243. The lowest BCUT2D eigenvalue weighted by Crippen LogP contribution is -2.40. The van der Waals surface area contributed by atoms with Crippen molar-refractivity contribution < 1.29 is 9.53 Å². The molecule has 14 heavy (non-hydrogen) atoms. The predicted octanol–water partition coefficient (Wildman–Crippen LogP) is 1.20. The minimum absolute atomic E-state index is 0.0961. The second kappa shape index (κ2) is 3.42. The van der Waals surface area contributed by atoms with Crippen LogP contribution in [0.3, 0.4) is 0 Å². The molecule has 4 nitrogen and oxygen atoms in total. The molecule has 2 N–H and O–H groups in total. The molecule has 1 amide bonds. The summed E-state index contributed by atoms with van der Waals surface area (Å²) in [5.41, 5.74) is 5.15. The van der Waals surface area contributed by atoms with Crippen LogP contribution in [-0.4, -0.2) is 36.2 Å². The van der Waals surface area contributed by atoms with E-state index in [-0.39, 0.29) is 11.5 Å². The van der Waals surface area contributed by atoms with Gasteiger partial charge in [0.05, 0.1) is 6.54 Å². The third-order valence-corrected chi connectivity index (χ3v) is 2.21. The summed E-state index contributed by atoms with van der Waals surface area (Å²) in [6, 6.07) is 0. The lowest BCUT2D eigenvalue weighted by molar-refractivity contribution is 0.0779. The first-order valence-electron chi connectivity index (χ1n) is 4.94. The van der Waals surface area contributed by atoms with Gasteiger partial charge in [0.15, 0.2) is 0 Å². The van der Waals surface area contributed by atoms with Gasteiger partial charge in [-0.05, 0) is 12.3 Å². The van der Waals surface area contributed by atoms with Gasteiger partial charge in [0.2, 0.25) is 0 Å². The largest absolute Gasteiger partial charge is 0.440 e. The van der Waals surface area contributed by atoms with E-state index >= 15 is 0 Å². The van der Waals surface area contributed by atoms with Crippen LogP contribution in [0.4, 0.5) is 4.79 Å². The molecule has 0 aliphatic carbocycles. The number of nitrogens with two attached hydrogens (primary N) is 1. The van der Waals surface area contributed by atoms with Crippen LogP contribution >= 0.6 is 0 Å². The van der Waals surface area contributed by atoms with E-state index in [1.165, 1.54) is 0 Å². The molecule has 4 heteroatoms. The number of hydrogen-bond acceptors (Lipinski definition) is 3. The predicted molar refractivity (Wildman–Crippen MR) is 55.0 cm³/mol. The number of rotatable bonds is 2. The summed E-state index contributed by atoms with van der Waals surface area (Å²) in [4.78, 5) is 13.2. The average molecular weight is 200 g/mol. The number of carbonyl (C=O) groups excluding carboxylic acids is 1. The molecular weight excluding hydrogens is 180 g/mol. The topological polar surface area (TPSA) is 55.6 Å². The molecule has 1 saturated heterocycles. The molecular formula is C10H20N2O2. The Balaban J connectivity index is 2.62. The third kappa shape index (κ3) is 2.61. The second-order valence-corrected chi connectivity index (χ2v) is 5.44. The van der Waals surface area contributed by atoms with E-state index in [4.69, 9.17) is 10.5 Å². The van der Waals surface area contributed by atoms with Crippen LogP contribution in [0.1, 0.15) is 27.7 Å². The minimum Gasteiger partial charge on any atom is -0.440 e. The second-order valence-electron chi connectivity index (χ2n) is 5.44. The van der Waals surface area contributed by atoms with Crippen molar-refractivity contribution in [3.63, 3.8) is 0 Å². The quantitative estimate of drug-likeness (QED) is 0.728. The Hall–Kier alpha value is -0.770. The molecule has 0 radical (unpaired) electrons. The Bertz CT molecular complexity index is 235. The smallest absolute Gasteiger partial charge is 0.410 e. The highest BCUT2D eigenvalue weighted by molar-refractivity contribution is 5.70. The first-order chi connectivity index (χ1) is 6.26. The van der Waals surface area contributed by atoms with Crippen LogP contribution in [0.5, 0.6) is 0 Å². The molecule has 0 aromatic heterocycles. The SMILES string of the molecule is CC(C)(C)CN1CC(C)(CN)OC1=O. The van der Waals surface area contributed by atoms with Crippen LogP contribution < -0.4 is 5.73 Å². The minimum atomic E-state index is -0.498. The zero-order valence-electron chi connectivity index (χ0n) is 9.46. The van der Waals surface area contributed by atoms with Gasteiger partial charge in [0.25, 0.3) is 0 Å². The highest BCUT2D eigenvalue weighted by Gasteiger charge is 2.41. The van der Waals surface area contributed by atoms with Crippen molar-refractivity contribution in [2.75, 3.05) is 19.6 Å². The summed E-state index contributed by atoms with van der Waals surface area (Å²) in [5, 5.41) is 0. The van der Waals surface area contributed by atoms with E-state index in [2.05, 4.69) is 20.8 Å². The summed E-state index contributed by atoms with van der Waals surface area (Å²) >= 11 is 0. The number of carbonyl (C=O) groups is 1. The van der Waals surface area contributed by atoms with Crippen LogP contribution in [0, 0.1) is 5.41 Å². The monoisotopic (exact) mass is 200 g/mol. The fourth-order valence-corrected chi connectivity index (χ4v) is 1.58. The van der Waals surface area contributed by atoms with E-state index in [1.807, 2.05) is 6.92 Å². The maximum absolute atomic E-state index is 11.5. The normalized spacial score (nSPS) is 28.1. The maximum atomic E-state index is 11.5. The van der Waals surface area contributed by atoms with Gasteiger partial charge in [0, 0.05) is 13.1 Å². The molecule has 1 atom stereocenters. The Morgan fingerprint density at radius 3 is 2.50 bits per heavy atom. The van der Waals surface area contributed by atoms with Crippen molar-refractivity contribution in [2.24, 2.45) is 11.1 Å². The zero-order valence-corrected chi connectivity index (χ0v) is 9.46. The molecule has 0 spiro atoms. The van der Waals surface area contributed by atoms with Gasteiger partial charge >= 0.3 is 6.09 Å². The van der Waals surface area contributed by atoms with Crippen molar-refractivity contribution in [1.29, 1.82) is 0 Å². The van der Waals surface area contributed by atoms with Gasteiger partial charge in [-0.3, -0.25) is 0 Å². The van der Waals surface area contributed by atoms with Crippen molar-refractivity contribution in [2.45, 2.75) is 33.3 Å². The lowest BCUT2D eigenvalue weighted by Gasteiger charge is -2.25. The average Bonchev–Trinajstić information content (AvgIpc) is 2.25. The van der Waals surface area contributed by atoms with E-state index in [1.54, 1.807) is 4.90 Å². The molecule has 1 unspecified atom stereocenters. The number of amides is 1. The molecule has 1 rings (SSSR count). The molecule has 0 saturated carbocycles. The number of ether oxygens (including phenoxy) is 1. The molecule has 0 bridgehead atoms. The van der Waals surface area contributed by atoms with Crippen molar-refractivity contribution in [1.82, 2.24) is 4.90 Å². The summed E-state index contributed by atoms with van der Waals surface area (Å²) < 4.78 is 5.22. The van der Waals surface area contributed by atoms with Crippen LogP contribution in [-0.2, 0) is 4.74 Å². The van der Waals surface area contributed by atoms with E-state index < -0.39 is 5.60 Å². The number of hydrogen-bond donors (Lipinski definition) is 1. The number of nitrogens with zero attached hydrogens (tertiary/aromatic N) is 1. The molecule has 82 valence electrons. The molecule has 0 aromatic carbocycles. The van der Waals surface area contributed by atoms with Crippen LogP contribution in [0.2, 0.25) is 0 Å². The fourth-order valence-electron chi connectivity index (χ4n) is 1.58. The molecule has 1 heterocycles. The summed E-state index contributed by atoms with van der Waals surface area (Å²) in [7, 11) is 0. The van der Waals surface area contributed by atoms with Gasteiger partial charge < -0.3 is 15.4 Å². The molecule has 0 aromatic rings. The van der Waals surface area contributed by atoms with Gasteiger partial charge in [-0.1, -0.05) is 20.8 Å². The molecule has 1 aliphatic heterocycles. The van der Waals surface area contributed by atoms with Crippen LogP contribution in [0.15, 0.2) is 0 Å². The highest BCUT2D eigenvalue weighted by atomic mass is 16.6. The fraction of sp³-hybridized carbons (Fsp3) is 0.900. The zero-order chi connectivity index (χ0) is 11.0. The summed E-state index contributed by atoms with van der Waals surface area (Å²) in [5.74, 6) is 0. The van der Waals surface area contributed by atoms with Crippen molar-refractivity contribution in [3.05, 3.63) is 0 Å².